The summed E-state index contributed by atoms with van der Waals surface area (Å²) in [4.78, 5) is 0. The minimum Gasteiger partial charge on any atom is -0.496 e. The van der Waals surface area contributed by atoms with E-state index in [1.165, 1.54) is 18.4 Å². The second-order valence-electron chi connectivity index (χ2n) is 4.84. The number of ether oxygens (including phenoxy) is 1. The monoisotopic (exact) mass is 238 g/mol. The summed E-state index contributed by atoms with van der Waals surface area (Å²) in [7, 11) is 1.71. The van der Waals surface area contributed by atoms with E-state index >= 15 is 0 Å². The van der Waals surface area contributed by atoms with Gasteiger partial charge in [-0.2, -0.15) is 0 Å². The third-order valence-electron chi connectivity index (χ3n) is 3.51. The van der Waals surface area contributed by atoms with Crippen molar-refractivity contribution in [2.24, 2.45) is 11.8 Å². The Hall–Kier alpha value is -0.690. The van der Waals surface area contributed by atoms with Crippen molar-refractivity contribution in [3.05, 3.63) is 29.3 Å². The molecule has 1 nitrogen and oxygen atoms in total. The Bertz CT molecular complexity index is 371. The maximum absolute atomic E-state index is 6.57. The van der Waals surface area contributed by atoms with E-state index in [-0.39, 0.29) is 5.38 Å². The fourth-order valence-corrected chi connectivity index (χ4v) is 2.59. The number of aryl methyl sites for hydroxylation is 1. The maximum atomic E-state index is 6.57. The van der Waals surface area contributed by atoms with Gasteiger partial charge in [0.15, 0.2) is 0 Å². The van der Waals surface area contributed by atoms with Gasteiger partial charge in [-0.15, -0.1) is 11.6 Å². The molecule has 1 aromatic rings. The van der Waals surface area contributed by atoms with Crippen LogP contribution in [-0.2, 0) is 0 Å². The van der Waals surface area contributed by atoms with Crippen LogP contribution in [0, 0.1) is 18.8 Å². The molecule has 0 spiro atoms. The molecule has 1 aromatic carbocycles. The SMILES string of the molecule is COc1ccc(C)cc1C(Cl)C(C)C1CC1. The van der Waals surface area contributed by atoms with Crippen LogP contribution in [0.4, 0.5) is 0 Å². The van der Waals surface area contributed by atoms with Crippen LogP contribution in [0.25, 0.3) is 0 Å². The predicted octanol–water partition coefficient (Wildman–Crippen LogP) is 4.33. The molecule has 0 N–H and O–H groups in total. The second kappa shape index (κ2) is 4.67. The zero-order chi connectivity index (χ0) is 11.7. The molecular formula is C14H19ClO. The molecule has 2 atom stereocenters. The van der Waals surface area contributed by atoms with E-state index in [0.717, 1.165) is 17.2 Å². The molecule has 0 radical (unpaired) electrons. The summed E-state index contributed by atoms with van der Waals surface area (Å²) in [5.74, 6) is 2.27. The van der Waals surface area contributed by atoms with Crippen molar-refractivity contribution < 1.29 is 4.74 Å². The van der Waals surface area contributed by atoms with Gasteiger partial charge in [-0.1, -0.05) is 24.6 Å². The lowest BCUT2D eigenvalue weighted by Gasteiger charge is -2.20. The average molecular weight is 239 g/mol. The van der Waals surface area contributed by atoms with Gasteiger partial charge in [0.1, 0.15) is 5.75 Å². The summed E-state index contributed by atoms with van der Waals surface area (Å²) in [6, 6.07) is 6.22. The van der Waals surface area contributed by atoms with Crippen molar-refractivity contribution in [3.63, 3.8) is 0 Å². The second-order valence-corrected chi connectivity index (χ2v) is 5.31. The molecule has 1 saturated carbocycles. The van der Waals surface area contributed by atoms with E-state index in [0.29, 0.717) is 5.92 Å². The van der Waals surface area contributed by atoms with Gasteiger partial charge in [-0.3, -0.25) is 0 Å². The first-order valence-electron chi connectivity index (χ1n) is 5.92. The minimum atomic E-state index is 0.0716. The zero-order valence-electron chi connectivity index (χ0n) is 10.2. The highest BCUT2D eigenvalue weighted by Crippen LogP contribution is 2.47. The highest BCUT2D eigenvalue weighted by Gasteiger charge is 2.34. The molecule has 2 heteroatoms. The third kappa shape index (κ3) is 2.35. The van der Waals surface area contributed by atoms with Crippen molar-refractivity contribution >= 4 is 11.6 Å². The number of benzene rings is 1. The van der Waals surface area contributed by atoms with E-state index in [9.17, 15) is 0 Å². The quantitative estimate of drug-likeness (QED) is 0.710. The Labute approximate surface area is 103 Å². The van der Waals surface area contributed by atoms with E-state index in [1.807, 2.05) is 6.07 Å². The molecule has 2 rings (SSSR count). The standard InChI is InChI=1S/C14H19ClO/c1-9-4-7-13(16-3)12(8-9)14(15)10(2)11-5-6-11/h4,7-8,10-11,14H,5-6H2,1-3H3. The molecule has 88 valence electrons. The number of hydrogen-bond donors (Lipinski definition) is 0. The molecule has 1 aliphatic rings. The van der Waals surface area contributed by atoms with Crippen LogP contribution < -0.4 is 4.74 Å². The molecule has 16 heavy (non-hydrogen) atoms. The number of rotatable bonds is 4. The Balaban J connectivity index is 2.26. The molecular weight excluding hydrogens is 220 g/mol. The maximum Gasteiger partial charge on any atom is 0.123 e. The highest BCUT2D eigenvalue weighted by atomic mass is 35.5. The molecule has 2 unspecified atom stereocenters. The number of methoxy groups -OCH3 is 1. The lowest BCUT2D eigenvalue weighted by molar-refractivity contribution is 0.399. The van der Waals surface area contributed by atoms with Gasteiger partial charge in [-0.05, 0) is 37.7 Å². The van der Waals surface area contributed by atoms with Gasteiger partial charge >= 0.3 is 0 Å². The van der Waals surface area contributed by atoms with E-state index < -0.39 is 0 Å². The number of alkyl halides is 1. The molecule has 1 fully saturated rings. The van der Waals surface area contributed by atoms with Crippen molar-refractivity contribution in [2.75, 3.05) is 7.11 Å². The van der Waals surface area contributed by atoms with E-state index in [4.69, 9.17) is 16.3 Å². The Morgan fingerprint density at radius 2 is 2.06 bits per heavy atom. The Morgan fingerprint density at radius 3 is 2.62 bits per heavy atom. The zero-order valence-corrected chi connectivity index (χ0v) is 10.9. The van der Waals surface area contributed by atoms with Crippen LogP contribution in [0.3, 0.4) is 0 Å². The number of halogens is 1. The van der Waals surface area contributed by atoms with Crippen LogP contribution in [0.5, 0.6) is 5.75 Å². The first-order valence-corrected chi connectivity index (χ1v) is 6.35. The van der Waals surface area contributed by atoms with E-state index in [1.54, 1.807) is 7.11 Å². The summed E-state index contributed by atoms with van der Waals surface area (Å²) < 4.78 is 5.39. The van der Waals surface area contributed by atoms with Crippen LogP contribution in [0.15, 0.2) is 18.2 Å². The smallest absolute Gasteiger partial charge is 0.123 e. The fourth-order valence-electron chi connectivity index (χ4n) is 2.21. The summed E-state index contributed by atoms with van der Waals surface area (Å²) in [5, 5.41) is 0.0716. The largest absolute Gasteiger partial charge is 0.496 e. The Morgan fingerprint density at radius 1 is 1.38 bits per heavy atom. The predicted molar refractivity (Wildman–Crippen MR) is 68.2 cm³/mol. The first kappa shape index (κ1) is 11.8. The number of hydrogen-bond acceptors (Lipinski definition) is 1. The van der Waals surface area contributed by atoms with Crippen LogP contribution >= 0.6 is 11.6 Å². The molecule has 0 amide bonds. The fraction of sp³-hybridized carbons (Fsp3) is 0.571. The summed E-state index contributed by atoms with van der Waals surface area (Å²) >= 11 is 6.57. The van der Waals surface area contributed by atoms with Gasteiger partial charge in [0, 0.05) is 5.56 Å². The molecule has 0 saturated heterocycles. The van der Waals surface area contributed by atoms with Crippen LogP contribution in [-0.4, -0.2) is 7.11 Å². The molecule has 1 aliphatic carbocycles. The van der Waals surface area contributed by atoms with Crippen molar-refractivity contribution in [3.8, 4) is 5.75 Å². The molecule has 0 heterocycles. The third-order valence-corrected chi connectivity index (χ3v) is 4.14. The van der Waals surface area contributed by atoms with Crippen molar-refractivity contribution in [2.45, 2.75) is 32.1 Å². The lowest BCUT2D eigenvalue weighted by Crippen LogP contribution is -2.07. The average Bonchev–Trinajstić information content (AvgIpc) is 3.11. The van der Waals surface area contributed by atoms with E-state index in [2.05, 4.69) is 26.0 Å². The van der Waals surface area contributed by atoms with Gasteiger partial charge < -0.3 is 4.74 Å². The van der Waals surface area contributed by atoms with Crippen LogP contribution in [0.2, 0.25) is 0 Å². The molecule has 0 aromatic heterocycles. The lowest BCUT2D eigenvalue weighted by atomic mass is 9.94. The van der Waals surface area contributed by atoms with Gasteiger partial charge in [0.2, 0.25) is 0 Å². The van der Waals surface area contributed by atoms with Crippen molar-refractivity contribution in [1.29, 1.82) is 0 Å². The molecule has 0 aliphatic heterocycles. The summed E-state index contributed by atoms with van der Waals surface area (Å²) in [6.07, 6.45) is 2.66. The van der Waals surface area contributed by atoms with Gasteiger partial charge in [0.25, 0.3) is 0 Å². The first-order chi connectivity index (χ1) is 7.63. The molecule has 0 bridgehead atoms. The normalized spacial score (nSPS) is 19.2. The summed E-state index contributed by atoms with van der Waals surface area (Å²) in [5.41, 5.74) is 2.38. The topological polar surface area (TPSA) is 9.23 Å². The van der Waals surface area contributed by atoms with Gasteiger partial charge in [-0.25, -0.2) is 0 Å². The van der Waals surface area contributed by atoms with Crippen LogP contribution in [0.1, 0.15) is 36.3 Å². The van der Waals surface area contributed by atoms with Crippen molar-refractivity contribution in [1.82, 2.24) is 0 Å². The minimum absolute atomic E-state index is 0.0716. The van der Waals surface area contributed by atoms with Gasteiger partial charge in [0.05, 0.1) is 12.5 Å². The highest BCUT2D eigenvalue weighted by molar-refractivity contribution is 6.21. The Kier molecular flexibility index (Phi) is 3.44. The summed E-state index contributed by atoms with van der Waals surface area (Å²) in [6.45, 7) is 4.34.